The number of likely N-dealkylation sites (tertiary alicyclic amines) is 1. The topological polar surface area (TPSA) is 96.6 Å². The lowest BCUT2D eigenvalue weighted by atomic mass is 9.95. The van der Waals surface area contributed by atoms with Crippen molar-refractivity contribution in [3.8, 4) is 11.4 Å². The zero-order valence-electron chi connectivity index (χ0n) is 18.5. The van der Waals surface area contributed by atoms with Crippen LogP contribution in [-0.2, 0) is 14.8 Å². The summed E-state index contributed by atoms with van der Waals surface area (Å²) in [5.41, 5.74) is 1.33. The third-order valence-electron chi connectivity index (χ3n) is 6.90. The van der Waals surface area contributed by atoms with E-state index >= 15 is 0 Å². The van der Waals surface area contributed by atoms with Crippen molar-refractivity contribution in [3.05, 3.63) is 29.7 Å². The molecular formula is C23H30N4O4S. The van der Waals surface area contributed by atoms with Gasteiger partial charge in [-0.05, 0) is 63.5 Å². The molecule has 9 heteroatoms. The predicted molar refractivity (Wildman–Crippen MR) is 118 cm³/mol. The van der Waals surface area contributed by atoms with Crippen LogP contribution in [0.2, 0.25) is 0 Å². The number of benzene rings is 1. The molecular weight excluding hydrogens is 428 g/mol. The Morgan fingerprint density at radius 1 is 1.03 bits per heavy atom. The van der Waals surface area contributed by atoms with E-state index in [4.69, 9.17) is 4.52 Å². The highest BCUT2D eigenvalue weighted by Gasteiger charge is 2.35. The molecule has 1 saturated carbocycles. The SMILES string of the molecule is Cc1ccc(-c2noc(C3CC3)n2)cc1S(=O)(=O)N1CCC(C(=O)N2CCCCC2)CC1. The van der Waals surface area contributed by atoms with Crippen molar-refractivity contribution < 1.29 is 17.7 Å². The van der Waals surface area contributed by atoms with Crippen LogP contribution in [0, 0.1) is 12.8 Å². The van der Waals surface area contributed by atoms with E-state index in [0.717, 1.165) is 38.8 Å². The average molecular weight is 459 g/mol. The third-order valence-corrected chi connectivity index (χ3v) is 8.94. The van der Waals surface area contributed by atoms with Crippen molar-refractivity contribution in [3.63, 3.8) is 0 Å². The smallest absolute Gasteiger partial charge is 0.243 e. The summed E-state index contributed by atoms with van der Waals surface area (Å²) in [5.74, 6) is 1.52. The highest BCUT2D eigenvalue weighted by atomic mass is 32.2. The maximum Gasteiger partial charge on any atom is 0.243 e. The number of carbonyl (C=O) groups excluding carboxylic acids is 1. The first-order valence-corrected chi connectivity index (χ1v) is 13.1. The highest BCUT2D eigenvalue weighted by molar-refractivity contribution is 7.89. The van der Waals surface area contributed by atoms with Crippen molar-refractivity contribution >= 4 is 15.9 Å². The molecule has 1 aromatic carbocycles. The van der Waals surface area contributed by atoms with Crippen molar-refractivity contribution in [1.82, 2.24) is 19.3 Å². The molecule has 8 nitrogen and oxygen atoms in total. The van der Waals surface area contributed by atoms with Crippen molar-refractivity contribution in [2.75, 3.05) is 26.2 Å². The Morgan fingerprint density at radius 3 is 2.44 bits per heavy atom. The average Bonchev–Trinajstić information content (AvgIpc) is 3.56. The lowest BCUT2D eigenvalue weighted by molar-refractivity contribution is -0.137. The molecule has 1 aromatic heterocycles. The fourth-order valence-electron chi connectivity index (χ4n) is 4.72. The molecule has 172 valence electrons. The van der Waals surface area contributed by atoms with Gasteiger partial charge in [-0.25, -0.2) is 8.42 Å². The number of nitrogens with zero attached hydrogens (tertiary/aromatic N) is 4. The largest absolute Gasteiger partial charge is 0.342 e. The number of hydrogen-bond acceptors (Lipinski definition) is 6. The van der Waals surface area contributed by atoms with Gasteiger partial charge in [-0.15, -0.1) is 0 Å². The molecule has 2 aliphatic heterocycles. The van der Waals surface area contributed by atoms with Crippen LogP contribution in [0.1, 0.15) is 62.3 Å². The monoisotopic (exact) mass is 458 g/mol. The van der Waals surface area contributed by atoms with Gasteiger partial charge in [0, 0.05) is 43.6 Å². The molecule has 32 heavy (non-hydrogen) atoms. The van der Waals surface area contributed by atoms with Crippen molar-refractivity contribution in [2.45, 2.75) is 62.7 Å². The van der Waals surface area contributed by atoms with Gasteiger partial charge in [0.05, 0.1) is 4.90 Å². The summed E-state index contributed by atoms with van der Waals surface area (Å²) < 4.78 is 33.8. The number of amides is 1. The Hall–Kier alpha value is -2.26. The van der Waals surface area contributed by atoms with Crippen LogP contribution >= 0.6 is 0 Å². The van der Waals surface area contributed by atoms with Crippen LogP contribution in [-0.4, -0.2) is 59.8 Å². The molecule has 0 N–H and O–H groups in total. The molecule has 1 aliphatic carbocycles. The number of aromatic nitrogens is 2. The normalized spacial score (nSPS) is 21.1. The maximum atomic E-state index is 13.5. The summed E-state index contributed by atoms with van der Waals surface area (Å²) in [6.07, 6.45) is 6.58. The molecule has 0 radical (unpaired) electrons. The molecule has 5 rings (SSSR count). The number of rotatable bonds is 5. The number of carbonyl (C=O) groups is 1. The zero-order chi connectivity index (χ0) is 22.3. The second kappa shape index (κ2) is 8.59. The second-order valence-electron chi connectivity index (χ2n) is 9.28. The Balaban J connectivity index is 1.30. The van der Waals surface area contributed by atoms with E-state index in [9.17, 15) is 13.2 Å². The van der Waals surface area contributed by atoms with Crippen LogP contribution < -0.4 is 0 Å². The van der Waals surface area contributed by atoms with Gasteiger partial charge < -0.3 is 9.42 Å². The van der Waals surface area contributed by atoms with Crippen LogP contribution in [0.15, 0.2) is 27.6 Å². The van der Waals surface area contributed by atoms with Gasteiger partial charge in [0.1, 0.15) is 0 Å². The quantitative estimate of drug-likeness (QED) is 0.682. The third kappa shape index (κ3) is 4.20. The summed E-state index contributed by atoms with van der Waals surface area (Å²) in [7, 11) is -3.67. The summed E-state index contributed by atoms with van der Waals surface area (Å²) in [6.45, 7) is 4.20. The summed E-state index contributed by atoms with van der Waals surface area (Å²) >= 11 is 0. The van der Waals surface area contributed by atoms with Crippen molar-refractivity contribution in [2.24, 2.45) is 5.92 Å². The van der Waals surface area contributed by atoms with E-state index in [1.807, 2.05) is 11.0 Å². The van der Waals surface area contributed by atoms with Gasteiger partial charge in [0.25, 0.3) is 0 Å². The lowest BCUT2D eigenvalue weighted by Gasteiger charge is -2.35. The molecule has 3 heterocycles. The predicted octanol–water partition coefficient (Wildman–Crippen LogP) is 3.34. The second-order valence-corrected chi connectivity index (χ2v) is 11.2. The first-order chi connectivity index (χ1) is 15.4. The minimum atomic E-state index is -3.67. The van der Waals surface area contributed by atoms with Crippen LogP contribution in [0.25, 0.3) is 11.4 Å². The van der Waals surface area contributed by atoms with E-state index in [1.54, 1.807) is 19.1 Å². The van der Waals surface area contributed by atoms with Crippen LogP contribution in [0.4, 0.5) is 0 Å². The van der Waals surface area contributed by atoms with Crippen LogP contribution in [0.3, 0.4) is 0 Å². The van der Waals surface area contributed by atoms with E-state index < -0.39 is 10.0 Å². The number of hydrogen-bond donors (Lipinski definition) is 0. The fourth-order valence-corrected chi connectivity index (χ4v) is 6.44. The van der Waals surface area contributed by atoms with Gasteiger partial charge >= 0.3 is 0 Å². The Kier molecular flexibility index (Phi) is 5.79. The van der Waals surface area contributed by atoms with Gasteiger partial charge in [-0.1, -0.05) is 17.3 Å². The molecule has 3 aliphatic rings. The standard InChI is InChI=1S/C23H30N4O4S/c1-16-5-6-19(21-24-22(31-25-21)17-7-8-17)15-20(16)32(29,30)27-13-9-18(10-14-27)23(28)26-11-3-2-4-12-26/h5-6,15,17-18H,2-4,7-14H2,1H3. The maximum absolute atomic E-state index is 13.5. The van der Waals surface area contributed by atoms with E-state index in [0.29, 0.717) is 54.7 Å². The highest BCUT2D eigenvalue weighted by Crippen LogP contribution is 2.39. The van der Waals surface area contributed by atoms with Gasteiger partial charge in [-0.3, -0.25) is 4.79 Å². The molecule has 3 fully saturated rings. The van der Waals surface area contributed by atoms with E-state index in [-0.39, 0.29) is 16.7 Å². The van der Waals surface area contributed by atoms with Gasteiger partial charge in [0.15, 0.2) is 0 Å². The molecule has 1 amide bonds. The lowest BCUT2D eigenvalue weighted by Crippen LogP contribution is -2.45. The van der Waals surface area contributed by atoms with Crippen molar-refractivity contribution in [1.29, 1.82) is 0 Å². The Morgan fingerprint density at radius 2 is 1.75 bits per heavy atom. The molecule has 2 saturated heterocycles. The summed E-state index contributed by atoms with van der Waals surface area (Å²) in [5, 5.41) is 4.05. The fraction of sp³-hybridized carbons (Fsp3) is 0.609. The van der Waals surface area contributed by atoms with E-state index in [2.05, 4.69) is 10.1 Å². The number of piperidine rings is 2. The number of sulfonamides is 1. The Labute approximate surface area is 189 Å². The first-order valence-electron chi connectivity index (χ1n) is 11.7. The minimum absolute atomic E-state index is 0.0767. The molecule has 0 bridgehead atoms. The summed E-state index contributed by atoms with van der Waals surface area (Å²) in [4.78, 5) is 19.5. The molecule has 2 aromatic rings. The zero-order valence-corrected chi connectivity index (χ0v) is 19.3. The molecule has 0 spiro atoms. The minimum Gasteiger partial charge on any atom is -0.342 e. The first kappa shape index (κ1) is 21.6. The molecule has 0 atom stereocenters. The van der Waals surface area contributed by atoms with E-state index in [1.165, 1.54) is 10.7 Å². The number of aryl methyl sites for hydroxylation is 1. The van der Waals surface area contributed by atoms with Crippen LogP contribution in [0.5, 0.6) is 0 Å². The molecule has 0 unspecified atom stereocenters. The Bertz CT molecular complexity index is 1090. The van der Waals surface area contributed by atoms with Gasteiger partial charge in [-0.2, -0.15) is 9.29 Å². The van der Waals surface area contributed by atoms with Gasteiger partial charge in [0.2, 0.25) is 27.6 Å². The summed E-state index contributed by atoms with van der Waals surface area (Å²) in [6, 6.07) is 5.28.